The predicted octanol–water partition coefficient (Wildman–Crippen LogP) is 2.47. The van der Waals surface area contributed by atoms with Gasteiger partial charge >= 0.3 is 0 Å². The highest BCUT2D eigenvalue weighted by atomic mass is 16.3. The van der Waals surface area contributed by atoms with Crippen molar-refractivity contribution in [3.8, 4) is 0 Å². The highest BCUT2D eigenvalue weighted by Crippen LogP contribution is 2.12. The molecule has 2 aromatic heterocycles. The first-order chi connectivity index (χ1) is 8.16. The van der Waals surface area contributed by atoms with Crippen molar-refractivity contribution in [3.05, 3.63) is 53.7 Å². The van der Waals surface area contributed by atoms with E-state index in [2.05, 4.69) is 10.3 Å². The minimum Gasteiger partial charge on any atom is -0.456 e. The summed E-state index contributed by atoms with van der Waals surface area (Å²) in [5.41, 5.74) is 1.01. The second-order valence-corrected chi connectivity index (χ2v) is 3.89. The van der Waals surface area contributed by atoms with Crippen molar-refractivity contribution in [1.29, 1.82) is 0 Å². The second-order valence-electron chi connectivity index (χ2n) is 3.89. The van der Waals surface area contributed by atoms with Gasteiger partial charge in [0.1, 0.15) is 5.76 Å². The topological polar surface area (TPSA) is 55.1 Å². The van der Waals surface area contributed by atoms with E-state index in [-0.39, 0.29) is 11.9 Å². The Kier molecular flexibility index (Phi) is 3.23. The Morgan fingerprint density at radius 1 is 1.29 bits per heavy atom. The van der Waals surface area contributed by atoms with E-state index in [1.807, 2.05) is 26.0 Å². The SMILES string of the molecule is Cc1ccc(C(=O)N[C@H](C)c2ccncc2)o1. The van der Waals surface area contributed by atoms with E-state index >= 15 is 0 Å². The maximum absolute atomic E-state index is 11.8. The Balaban J connectivity index is 2.04. The summed E-state index contributed by atoms with van der Waals surface area (Å²) in [7, 11) is 0. The molecule has 2 rings (SSSR count). The fraction of sp³-hybridized carbons (Fsp3) is 0.231. The van der Waals surface area contributed by atoms with Gasteiger partial charge in [-0.2, -0.15) is 0 Å². The molecular formula is C13H14N2O2. The molecule has 1 N–H and O–H groups in total. The minimum absolute atomic E-state index is 0.0732. The molecule has 0 aliphatic rings. The quantitative estimate of drug-likeness (QED) is 0.881. The third-order valence-electron chi connectivity index (χ3n) is 2.52. The molecule has 17 heavy (non-hydrogen) atoms. The van der Waals surface area contributed by atoms with E-state index < -0.39 is 0 Å². The number of furan rings is 1. The van der Waals surface area contributed by atoms with Crippen molar-refractivity contribution in [2.45, 2.75) is 19.9 Å². The van der Waals surface area contributed by atoms with Gasteiger partial charge in [0, 0.05) is 12.4 Å². The normalized spacial score (nSPS) is 12.1. The Bertz CT molecular complexity index is 505. The number of hydrogen-bond donors (Lipinski definition) is 1. The predicted molar refractivity (Wildman–Crippen MR) is 63.6 cm³/mol. The fourth-order valence-electron chi connectivity index (χ4n) is 1.56. The third-order valence-corrected chi connectivity index (χ3v) is 2.52. The molecule has 4 heteroatoms. The molecule has 0 aliphatic heterocycles. The van der Waals surface area contributed by atoms with E-state index in [1.54, 1.807) is 24.5 Å². The summed E-state index contributed by atoms with van der Waals surface area (Å²) in [5, 5.41) is 2.87. The molecule has 0 saturated heterocycles. The van der Waals surface area contributed by atoms with Crippen LogP contribution >= 0.6 is 0 Å². The highest BCUT2D eigenvalue weighted by Gasteiger charge is 2.13. The van der Waals surface area contributed by atoms with Crippen LogP contribution in [0.3, 0.4) is 0 Å². The average Bonchev–Trinajstić information content (AvgIpc) is 2.77. The Hall–Kier alpha value is -2.10. The van der Waals surface area contributed by atoms with E-state index in [9.17, 15) is 4.79 Å². The number of nitrogens with zero attached hydrogens (tertiary/aromatic N) is 1. The van der Waals surface area contributed by atoms with Crippen molar-refractivity contribution >= 4 is 5.91 Å². The lowest BCUT2D eigenvalue weighted by atomic mass is 10.1. The van der Waals surface area contributed by atoms with Gasteiger partial charge in [0.2, 0.25) is 0 Å². The summed E-state index contributed by atoms with van der Waals surface area (Å²) < 4.78 is 5.26. The van der Waals surface area contributed by atoms with Crippen LogP contribution < -0.4 is 5.32 Å². The summed E-state index contributed by atoms with van der Waals surface area (Å²) in [6, 6.07) is 7.11. The summed E-state index contributed by atoms with van der Waals surface area (Å²) in [4.78, 5) is 15.8. The van der Waals surface area contributed by atoms with Crippen molar-refractivity contribution < 1.29 is 9.21 Å². The molecular weight excluding hydrogens is 216 g/mol. The van der Waals surface area contributed by atoms with Gasteiger partial charge in [-0.25, -0.2) is 0 Å². The van der Waals surface area contributed by atoms with Crippen LogP contribution in [-0.2, 0) is 0 Å². The third kappa shape index (κ3) is 2.72. The summed E-state index contributed by atoms with van der Waals surface area (Å²) in [6.07, 6.45) is 3.41. The van der Waals surface area contributed by atoms with Crippen LogP contribution in [0.25, 0.3) is 0 Å². The van der Waals surface area contributed by atoms with Crippen LogP contribution in [0.15, 0.2) is 41.1 Å². The Labute approximate surface area is 99.7 Å². The van der Waals surface area contributed by atoms with Crippen molar-refractivity contribution in [2.75, 3.05) is 0 Å². The van der Waals surface area contributed by atoms with Gasteiger partial charge in [0.25, 0.3) is 5.91 Å². The molecule has 4 nitrogen and oxygen atoms in total. The zero-order chi connectivity index (χ0) is 12.3. The number of carbonyl (C=O) groups excluding carboxylic acids is 1. The van der Waals surface area contributed by atoms with Crippen molar-refractivity contribution in [2.24, 2.45) is 0 Å². The number of hydrogen-bond acceptors (Lipinski definition) is 3. The monoisotopic (exact) mass is 230 g/mol. The standard InChI is InChI=1S/C13H14N2O2/c1-9-3-4-12(17-9)13(16)15-10(2)11-5-7-14-8-6-11/h3-8,10H,1-2H3,(H,15,16)/t10-/m1/s1. The first-order valence-electron chi connectivity index (χ1n) is 5.44. The highest BCUT2D eigenvalue weighted by molar-refractivity contribution is 5.91. The molecule has 2 heterocycles. The molecule has 0 aromatic carbocycles. The van der Waals surface area contributed by atoms with Crippen LogP contribution in [0.4, 0.5) is 0 Å². The molecule has 0 unspecified atom stereocenters. The number of amides is 1. The number of carbonyl (C=O) groups is 1. The number of aromatic nitrogens is 1. The Morgan fingerprint density at radius 3 is 2.59 bits per heavy atom. The van der Waals surface area contributed by atoms with Gasteiger partial charge < -0.3 is 9.73 Å². The van der Waals surface area contributed by atoms with E-state index in [1.165, 1.54) is 0 Å². The molecule has 88 valence electrons. The lowest BCUT2D eigenvalue weighted by molar-refractivity contribution is 0.0910. The molecule has 0 spiro atoms. The fourth-order valence-corrected chi connectivity index (χ4v) is 1.56. The van der Waals surface area contributed by atoms with Crippen molar-refractivity contribution in [1.82, 2.24) is 10.3 Å². The van der Waals surface area contributed by atoms with E-state index in [4.69, 9.17) is 4.42 Å². The smallest absolute Gasteiger partial charge is 0.287 e. The van der Waals surface area contributed by atoms with E-state index in [0.29, 0.717) is 5.76 Å². The van der Waals surface area contributed by atoms with Gasteiger partial charge in [-0.05, 0) is 43.7 Å². The largest absolute Gasteiger partial charge is 0.456 e. The van der Waals surface area contributed by atoms with Crippen LogP contribution in [-0.4, -0.2) is 10.9 Å². The zero-order valence-electron chi connectivity index (χ0n) is 9.81. The maximum atomic E-state index is 11.8. The molecule has 0 radical (unpaired) electrons. The van der Waals surface area contributed by atoms with Crippen LogP contribution in [0, 0.1) is 6.92 Å². The van der Waals surface area contributed by atoms with Crippen LogP contribution in [0.5, 0.6) is 0 Å². The second kappa shape index (κ2) is 4.82. The van der Waals surface area contributed by atoms with E-state index in [0.717, 1.165) is 11.3 Å². The minimum atomic E-state index is -0.206. The molecule has 0 fully saturated rings. The summed E-state index contributed by atoms with van der Waals surface area (Å²) >= 11 is 0. The average molecular weight is 230 g/mol. The van der Waals surface area contributed by atoms with Gasteiger partial charge in [-0.3, -0.25) is 9.78 Å². The first-order valence-corrected chi connectivity index (χ1v) is 5.44. The maximum Gasteiger partial charge on any atom is 0.287 e. The van der Waals surface area contributed by atoms with Crippen molar-refractivity contribution in [3.63, 3.8) is 0 Å². The number of rotatable bonds is 3. The lowest BCUT2D eigenvalue weighted by Crippen LogP contribution is -2.26. The number of nitrogens with one attached hydrogen (secondary N) is 1. The van der Waals surface area contributed by atoms with Gasteiger partial charge in [0.15, 0.2) is 5.76 Å². The van der Waals surface area contributed by atoms with Gasteiger partial charge in [-0.15, -0.1) is 0 Å². The molecule has 0 aliphatic carbocycles. The molecule has 1 atom stereocenters. The lowest BCUT2D eigenvalue weighted by Gasteiger charge is -2.12. The van der Waals surface area contributed by atoms with Crippen LogP contribution in [0.2, 0.25) is 0 Å². The molecule has 1 amide bonds. The number of pyridine rings is 1. The molecule has 0 bridgehead atoms. The summed E-state index contributed by atoms with van der Waals surface area (Å²) in [6.45, 7) is 3.73. The number of aryl methyl sites for hydroxylation is 1. The summed E-state index contributed by atoms with van der Waals surface area (Å²) in [5.74, 6) is 0.859. The van der Waals surface area contributed by atoms with Gasteiger partial charge in [-0.1, -0.05) is 0 Å². The van der Waals surface area contributed by atoms with Gasteiger partial charge in [0.05, 0.1) is 6.04 Å². The Morgan fingerprint density at radius 2 is 2.00 bits per heavy atom. The first kappa shape index (κ1) is 11.4. The van der Waals surface area contributed by atoms with Crippen LogP contribution in [0.1, 0.15) is 34.8 Å². The zero-order valence-corrected chi connectivity index (χ0v) is 9.81. The molecule has 0 saturated carbocycles. The molecule has 2 aromatic rings.